The van der Waals surface area contributed by atoms with Crippen LogP contribution in [0.1, 0.15) is 22.0 Å². The second-order valence-electron chi connectivity index (χ2n) is 4.40. The van der Waals surface area contributed by atoms with Gasteiger partial charge in [-0.2, -0.15) is 0 Å². The second kappa shape index (κ2) is 6.89. The van der Waals surface area contributed by atoms with E-state index < -0.39 is 17.8 Å². The van der Waals surface area contributed by atoms with Gasteiger partial charge in [0.15, 0.2) is 0 Å². The molecule has 0 heterocycles. The van der Waals surface area contributed by atoms with Crippen LogP contribution in [0.5, 0.6) is 0 Å². The highest BCUT2D eigenvalue weighted by molar-refractivity contribution is 6.31. The van der Waals surface area contributed by atoms with Gasteiger partial charge in [0.25, 0.3) is 5.91 Å². The van der Waals surface area contributed by atoms with Crippen molar-refractivity contribution in [3.05, 3.63) is 69.5 Å². The fourth-order valence-electron chi connectivity index (χ4n) is 1.76. The van der Waals surface area contributed by atoms with E-state index in [2.05, 4.69) is 5.32 Å². The summed E-state index contributed by atoms with van der Waals surface area (Å²) in [6, 6.07) is 10.3. The van der Waals surface area contributed by atoms with Crippen molar-refractivity contribution >= 4 is 29.1 Å². The molecular formula is C15H12Cl2FNO2. The Morgan fingerprint density at radius 3 is 2.43 bits per heavy atom. The molecule has 2 aromatic rings. The molecule has 1 amide bonds. The van der Waals surface area contributed by atoms with Crippen molar-refractivity contribution in [3.63, 3.8) is 0 Å². The SMILES string of the molecule is O=C(NCC(O)c1ccc(Cl)cc1)c1cc(Cl)ccc1F. The van der Waals surface area contributed by atoms with Crippen LogP contribution in [0.4, 0.5) is 4.39 Å². The molecule has 1 unspecified atom stereocenters. The Morgan fingerprint density at radius 1 is 1.14 bits per heavy atom. The van der Waals surface area contributed by atoms with E-state index in [9.17, 15) is 14.3 Å². The van der Waals surface area contributed by atoms with E-state index in [1.54, 1.807) is 24.3 Å². The third-order valence-corrected chi connectivity index (χ3v) is 3.37. The number of carbonyl (C=O) groups is 1. The summed E-state index contributed by atoms with van der Waals surface area (Å²) in [6.45, 7) is -0.0492. The molecule has 0 saturated carbocycles. The Morgan fingerprint density at radius 2 is 1.76 bits per heavy atom. The van der Waals surface area contributed by atoms with Crippen LogP contribution in [0.3, 0.4) is 0 Å². The summed E-state index contributed by atoms with van der Waals surface area (Å²) in [4.78, 5) is 11.9. The minimum Gasteiger partial charge on any atom is -0.387 e. The molecule has 0 bridgehead atoms. The number of benzene rings is 2. The molecule has 0 radical (unpaired) electrons. The first-order valence-corrected chi connectivity index (χ1v) is 6.90. The smallest absolute Gasteiger partial charge is 0.254 e. The van der Waals surface area contributed by atoms with Gasteiger partial charge in [-0.1, -0.05) is 35.3 Å². The van der Waals surface area contributed by atoms with Gasteiger partial charge in [0.05, 0.1) is 11.7 Å². The van der Waals surface area contributed by atoms with E-state index in [-0.39, 0.29) is 17.1 Å². The lowest BCUT2D eigenvalue weighted by Gasteiger charge is -2.12. The summed E-state index contributed by atoms with van der Waals surface area (Å²) in [5.74, 6) is -1.30. The molecule has 0 aromatic heterocycles. The number of rotatable bonds is 4. The Hall–Kier alpha value is -1.62. The van der Waals surface area contributed by atoms with Gasteiger partial charge in [-0.25, -0.2) is 4.39 Å². The quantitative estimate of drug-likeness (QED) is 0.901. The molecule has 6 heteroatoms. The number of halogens is 3. The molecule has 3 nitrogen and oxygen atoms in total. The van der Waals surface area contributed by atoms with Crippen molar-refractivity contribution in [1.29, 1.82) is 0 Å². The van der Waals surface area contributed by atoms with Gasteiger partial charge in [-0.05, 0) is 35.9 Å². The zero-order valence-corrected chi connectivity index (χ0v) is 12.3. The molecular weight excluding hydrogens is 316 g/mol. The fraction of sp³-hybridized carbons (Fsp3) is 0.133. The highest BCUT2D eigenvalue weighted by Crippen LogP contribution is 2.17. The van der Waals surface area contributed by atoms with Crippen LogP contribution in [-0.4, -0.2) is 17.6 Å². The van der Waals surface area contributed by atoms with Gasteiger partial charge in [0, 0.05) is 16.6 Å². The predicted molar refractivity (Wildman–Crippen MR) is 80.2 cm³/mol. The Kier molecular flexibility index (Phi) is 5.17. The first-order valence-electron chi connectivity index (χ1n) is 6.14. The minimum atomic E-state index is -0.909. The van der Waals surface area contributed by atoms with E-state index in [1.807, 2.05) is 0 Å². The fourth-order valence-corrected chi connectivity index (χ4v) is 2.06. The average Bonchev–Trinajstić information content (AvgIpc) is 2.47. The van der Waals surface area contributed by atoms with Gasteiger partial charge < -0.3 is 10.4 Å². The Bertz CT molecular complexity index is 647. The maximum absolute atomic E-state index is 13.5. The molecule has 2 rings (SSSR count). The summed E-state index contributed by atoms with van der Waals surface area (Å²) in [6.07, 6.45) is -0.909. The van der Waals surface area contributed by atoms with Gasteiger partial charge in [0.2, 0.25) is 0 Å². The first kappa shape index (κ1) is 15.8. The number of aliphatic hydroxyl groups excluding tert-OH is 1. The second-order valence-corrected chi connectivity index (χ2v) is 5.27. The normalized spacial score (nSPS) is 12.0. The molecule has 0 aliphatic heterocycles. The number of carbonyl (C=O) groups excluding carboxylic acids is 1. The van der Waals surface area contributed by atoms with E-state index >= 15 is 0 Å². The molecule has 0 fully saturated rings. The Labute approximate surface area is 131 Å². The highest BCUT2D eigenvalue weighted by atomic mass is 35.5. The zero-order chi connectivity index (χ0) is 15.4. The third kappa shape index (κ3) is 4.17. The maximum Gasteiger partial charge on any atom is 0.254 e. The minimum absolute atomic E-state index is 0.0492. The lowest BCUT2D eigenvalue weighted by Crippen LogP contribution is -2.29. The maximum atomic E-state index is 13.5. The van der Waals surface area contributed by atoms with Crippen molar-refractivity contribution in [1.82, 2.24) is 5.32 Å². The van der Waals surface area contributed by atoms with E-state index in [4.69, 9.17) is 23.2 Å². The van der Waals surface area contributed by atoms with Crippen LogP contribution in [0.25, 0.3) is 0 Å². The van der Waals surface area contributed by atoms with Crippen LogP contribution < -0.4 is 5.32 Å². The Balaban J connectivity index is 2.00. The lowest BCUT2D eigenvalue weighted by molar-refractivity contribution is 0.0912. The molecule has 0 saturated heterocycles. The van der Waals surface area contributed by atoms with Crippen molar-refractivity contribution in [2.45, 2.75) is 6.10 Å². The van der Waals surface area contributed by atoms with Crippen molar-refractivity contribution in [2.24, 2.45) is 0 Å². The molecule has 2 aromatic carbocycles. The molecule has 0 spiro atoms. The molecule has 2 N–H and O–H groups in total. The highest BCUT2D eigenvalue weighted by Gasteiger charge is 2.14. The average molecular weight is 328 g/mol. The van der Waals surface area contributed by atoms with Crippen LogP contribution in [-0.2, 0) is 0 Å². The first-order chi connectivity index (χ1) is 9.97. The topological polar surface area (TPSA) is 49.3 Å². The standard InChI is InChI=1S/C15H12Cl2FNO2/c16-10-3-1-9(2-4-10)14(20)8-19-15(21)12-7-11(17)5-6-13(12)18/h1-7,14,20H,8H2,(H,19,21). The molecule has 21 heavy (non-hydrogen) atoms. The van der Waals surface area contributed by atoms with Gasteiger partial charge in [-0.15, -0.1) is 0 Å². The van der Waals surface area contributed by atoms with E-state index in [1.165, 1.54) is 12.1 Å². The molecule has 110 valence electrons. The third-order valence-electron chi connectivity index (χ3n) is 2.88. The van der Waals surface area contributed by atoms with Crippen LogP contribution in [0.2, 0.25) is 10.0 Å². The largest absolute Gasteiger partial charge is 0.387 e. The summed E-state index contributed by atoms with van der Waals surface area (Å²) in [5, 5.41) is 13.2. The van der Waals surface area contributed by atoms with Gasteiger partial charge in [0.1, 0.15) is 5.82 Å². The summed E-state index contributed by atoms with van der Waals surface area (Å²) in [5.41, 5.74) is 0.442. The lowest BCUT2D eigenvalue weighted by atomic mass is 10.1. The molecule has 0 aliphatic carbocycles. The van der Waals surface area contributed by atoms with E-state index in [0.717, 1.165) is 6.07 Å². The van der Waals surface area contributed by atoms with Crippen LogP contribution in [0.15, 0.2) is 42.5 Å². The van der Waals surface area contributed by atoms with Crippen molar-refractivity contribution in [2.75, 3.05) is 6.54 Å². The number of nitrogens with one attached hydrogen (secondary N) is 1. The van der Waals surface area contributed by atoms with Crippen LogP contribution >= 0.6 is 23.2 Å². The number of amides is 1. The number of hydrogen-bond donors (Lipinski definition) is 2. The summed E-state index contributed by atoms with van der Waals surface area (Å²) in [7, 11) is 0. The number of hydrogen-bond acceptors (Lipinski definition) is 2. The number of aliphatic hydroxyl groups is 1. The van der Waals surface area contributed by atoms with Crippen LogP contribution in [0, 0.1) is 5.82 Å². The van der Waals surface area contributed by atoms with Crippen molar-refractivity contribution < 1.29 is 14.3 Å². The molecule has 1 atom stereocenters. The predicted octanol–water partition coefficient (Wildman–Crippen LogP) is 3.60. The summed E-state index contributed by atoms with van der Waals surface area (Å²) >= 11 is 11.5. The van der Waals surface area contributed by atoms with E-state index in [0.29, 0.717) is 10.6 Å². The molecule has 0 aliphatic rings. The van der Waals surface area contributed by atoms with Gasteiger partial charge >= 0.3 is 0 Å². The zero-order valence-electron chi connectivity index (χ0n) is 10.8. The van der Waals surface area contributed by atoms with Crippen molar-refractivity contribution in [3.8, 4) is 0 Å². The summed E-state index contributed by atoms with van der Waals surface area (Å²) < 4.78 is 13.5. The van der Waals surface area contributed by atoms with Gasteiger partial charge in [-0.3, -0.25) is 4.79 Å². The monoisotopic (exact) mass is 327 g/mol.